The number of carboxylic acids is 1. The molecule has 0 aliphatic carbocycles. The number of nitrogens with zero attached hydrogens (tertiary/aromatic N) is 2. The molecule has 24 heavy (non-hydrogen) atoms. The number of carbonyl (C=O) groups is 3. The Morgan fingerprint density at radius 2 is 1.88 bits per heavy atom. The average Bonchev–Trinajstić information content (AvgIpc) is 3.16. The smallest absolute Gasteiger partial charge is 0.326 e. The lowest BCUT2D eigenvalue weighted by Crippen LogP contribution is -2.45. The van der Waals surface area contributed by atoms with E-state index in [2.05, 4.69) is 0 Å². The van der Waals surface area contributed by atoms with Gasteiger partial charge in [-0.15, -0.1) is 0 Å². The third-order valence-corrected chi connectivity index (χ3v) is 5.28. The molecule has 1 aromatic carbocycles. The third-order valence-electron chi connectivity index (χ3n) is 4.54. The minimum atomic E-state index is -1.02. The van der Waals surface area contributed by atoms with Crippen molar-refractivity contribution in [1.82, 2.24) is 4.90 Å². The largest absolute Gasteiger partial charge is 0.480 e. The molecule has 2 aliphatic heterocycles. The Morgan fingerprint density at radius 3 is 2.54 bits per heavy atom. The van der Waals surface area contributed by atoms with Gasteiger partial charge in [0.25, 0.3) is 0 Å². The summed E-state index contributed by atoms with van der Waals surface area (Å²) in [6.07, 6.45) is 1.43. The number of aliphatic carboxylic acids is 1. The second-order valence-electron chi connectivity index (χ2n) is 5.96. The molecule has 0 spiro atoms. The van der Waals surface area contributed by atoms with E-state index < -0.39 is 23.8 Å². The highest BCUT2D eigenvalue weighted by molar-refractivity contribution is 6.42. The first kappa shape index (κ1) is 17.0. The quantitative estimate of drug-likeness (QED) is 0.828. The Bertz CT molecular complexity index is 709. The van der Waals surface area contributed by atoms with Gasteiger partial charge in [0, 0.05) is 18.8 Å². The van der Waals surface area contributed by atoms with Crippen LogP contribution in [0, 0.1) is 5.92 Å². The monoisotopic (exact) mass is 370 g/mol. The highest BCUT2D eigenvalue weighted by Crippen LogP contribution is 2.32. The van der Waals surface area contributed by atoms with Crippen LogP contribution in [0.15, 0.2) is 18.2 Å². The summed E-state index contributed by atoms with van der Waals surface area (Å²) in [4.78, 5) is 39.3. The predicted octanol–water partition coefficient (Wildman–Crippen LogP) is 2.42. The number of carbonyl (C=O) groups excluding carboxylic acids is 2. The second kappa shape index (κ2) is 6.61. The maximum atomic E-state index is 12.6. The first-order valence-corrected chi connectivity index (χ1v) is 8.45. The molecule has 3 rings (SSSR count). The van der Waals surface area contributed by atoms with Crippen molar-refractivity contribution in [2.75, 3.05) is 18.0 Å². The molecule has 2 amide bonds. The number of likely N-dealkylation sites (tertiary alicyclic amines) is 1. The van der Waals surface area contributed by atoms with Crippen LogP contribution in [0.5, 0.6) is 0 Å². The summed E-state index contributed by atoms with van der Waals surface area (Å²) < 4.78 is 0. The standard InChI is InChI=1S/C16H16Cl2N2O4/c17-11-4-3-9(8-12(11)18)19-7-5-10(14(19)21)15(22)20-6-1-2-13(20)16(23)24/h3-4,8,10,13H,1-2,5-7H2,(H,23,24)/t10?,13-/m0/s1. The normalized spacial score (nSPS) is 23.8. The number of carboxylic acid groups (broad SMARTS) is 1. The van der Waals surface area contributed by atoms with Gasteiger partial charge in [0.05, 0.1) is 10.0 Å². The number of anilines is 1. The van der Waals surface area contributed by atoms with E-state index in [4.69, 9.17) is 23.2 Å². The molecule has 1 N–H and O–H groups in total. The topological polar surface area (TPSA) is 77.9 Å². The molecule has 0 radical (unpaired) electrons. The van der Waals surface area contributed by atoms with Crippen LogP contribution in [0.25, 0.3) is 0 Å². The summed E-state index contributed by atoms with van der Waals surface area (Å²) in [5, 5.41) is 9.94. The third kappa shape index (κ3) is 2.96. The summed E-state index contributed by atoms with van der Waals surface area (Å²) in [7, 11) is 0. The lowest BCUT2D eigenvalue weighted by atomic mass is 10.1. The van der Waals surface area contributed by atoms with Gasteiger partial charge in [0.2, 0.25) is 11.8 Å². The van der Waals surface area contributed by atoms with E-state index in [9.17, 15) is 19.5 Å². The number of halogens is 2. The molecule has 2 heterocycles. The molecule has 6 nitrogen and oxygen atoms in total. The fraction of sp³-hybridized carbons (Fsp3) is 0.438. The van der Waals surface area contributed by atoms with Crippen molar-refractivity contribution in [3.63, 3.8) is 0 Å². The van der Waals surface area contributed by atoms with E-state index in [1.165, 1.54) is 9.80 Å². The van der Waals surface area contributed by atoms with Gasteiger partial charge >= 0.3 is 5.97 Å². The van der Waals surface area contributed by atoms with Gasteiger partial charge in [-0.05, 0) is 37.5 Å². The Morgan fingerprint density at radius 1 is 1.12 bits per heavy atom. The van der Waals surface area contributed by atoms with Gasteiger partial charge in [0.15, 0.2) is 0 Å². The van der Waals surface area contributed by atoms with Crippen LogP contribution in [0.2, 0.25) is 10.0 Å². The molecule has 1 aromatic rings. The molecule has 8 heteroatoms. The van der Waals surface area contributed by atoms with Crippen LogP contribution >= 0.6 is 23.2 Å². The minimum absolute atomic E-state index is 0.325. The van der Waals surface area contributed by atoms with E-state index >= 15 is 0 Å². The highest BCUT2D eigenvalue weighted by Gasteiger charge is 2.44. The van der Waals surface area contributed by atoms with Crippen molar-refractivity contribution in [3.05, 3.63) is 28.2 Å². The maximum Gasteiger partial charge on any atom is 0.326 e. The SMILES string of the molecule is O=C(O)[C@@H]1CCCN1C(=O)C1CCN(c2ccc(Cl)c(Cl)c2)C1=O. The second-order valence-corrected chi connectivity index (χ2v) is 6.77. The number of hydrogen-bond donors (Lipinski definition) is 1. The zero-order valence-electron chi connectivity index (χ0n) is 12.7. The van der Waals surface area contributed by atoms with Crippen molar-refractivity contribution >= 4 is 46.7 Å². The molecule has 2 saturated heterocycles. The summed E-state index contributed by atoms with van der Waals surface area (Å²) >= 11 is 11.9. The van der Waals surface area contributed by atoms with Crippen molar-refractivity contribution in [3.8, 4) is 0 Å². The molecule has 0 bridgehead atoms. The van der Waals surface area contributed by atoms with Gasteiger partial charge in [-0.3, -0.25) is 9.59 Å². The minimum Gasteiger partial charge on any atom is -0.480 e. The molecule has 0 aromatic heterocycles. The highest BCUT2D eigenvalue weighted by atomic mass is 35.5. The van der Waals surface area contributed by atoms with Crippen molar-refractivity contribution in [2.24, 2.45) is 5.92 Å². The van der Waals surface area contributed by atoms with Gasteiger partial charge in [-0.25, -0.2) is 4.79 Å². The van der Waals surface area contributed by atoms with Crippen molar-refractivity contribution in [2.45, 2.75) is 25.3 Å². The summed E-state index contributed by atoms with van der Waals surface area (Å²) in [5.74, 6) is -2.58. The molecular weight excluding hydrogens is 355 g/mol. The first-order valence-electron chi connectivity index (χ1n) is 7.70. The van der Waals surface area contributed by atoms with Gasteiger partial charge < -0.3 is 14.9 Å². The lowest BCUT2D eigenvalue weighted by Gasteiger charge is -2.24. The number of amides is 2. The van der Waals surface area contributed by atoms with Crippen molar-refractivity contribution < 1.29 is 19.5 Å². The van der Waals surface area contributed by atoms with Crippen LogP contribution in [-0.2, 0) is 14.4 Å². The maximum absolute atomic E-state index is 12.6. The Kier molecular flexibility index (Phi) is 4.69. The fourth-order valence-corrected chi connectivity index (χ4v) is 3.60. The van der Waals surface area contributed by atoms with Gasteiger partial charge in [-0.1, -0.05) is 23.2 Å². The van der Waals surface area contributed by atoms with E-state index in [1.807, 2.05) is 0 Å². The summed E-state index contributed by atoms with van der Waals surface area (Å²) in [5.41, 5.74) is 0.584. The van der Waals surface area contributed by atoms with Crippen LogP contribution in [0.4, 0.5) is 5.69 Å². The van der Waals surface area contributed by atoms with Gasteiger partial charge in [0.1, 0.15) is 12.0 Å². The molecular formula is C16H16Cl2N2O4. The molecule has 2 fully saturated rings. The zero-order valence-corrected chi connectivity index (χ0v) is 14.3. The molecule has 128 valence electrons. The van der Waals surface area contributed by atoms with Crippen LogP contribution < -0.4 is 4.90 Å². The molecule has 1 unspecified atom stereocenters. The van der Waals surface area contributed by atoms with Gasteiger partial charge in [-0.2, -0.15) is 0 Å². The van der Waals surface area contributed by atoms with E-state index in [0.717, 1.165) is 0 Å². The predicted molar refractivity (Wildman–Crippen MR) is 89.3 cm³/mol. The number of hydrogen-bond acceptors (Lipinski definition) is 3. The number of benzene rings is 1. The lowest BCUT2D eigenvalue weighted by molar-refractivity contribution is -0.151. The average molecular weight is 371 g/mol. The molecule has 2 aliphatic rings. The van der Waals surface area contributed by atoms with E-state index in [-0.39, 0.29) is 5.91 Å². The van der Waals surface area contributed by atoms with Crippen LogP contribution in [0.1, 0.15) is 19.3 Å². The Labute approximate surface area is 148 Å². The first-order chi connectivity index (χ1) is 11.4. The summed E-state index contributed by atoms with van der Waals surface area (Å²) in [6.45, 7) is 0.769. The van der Waals surface area contributed by atoms with Crippen LogP contribution in [-0.4, -0.2) is 46.9 Å². The Balaban J connectivity index is 1.77. The van der Waals surface area contributed by atoms with E-state index in [0.29, 0.717) is 48.1 Å². The Hall–Kier alpha value is -1.79. The molecule has 2 atom stereocenters. The van der Waals surface area contributed by atoms with Crippen molar-refractivity contribution in [1.29, 1.82) is 0 Å². The van der Waals surface area contributed by atoms with Crippen LogP contribution in [0.3, 0.4) is 0 Å². The number of rotatable bonds is 3. The van der Waals surface area contributed by atoms with E-state index in [1.54, 1.807) is 18.2 Å². The molecule has 0 saturated carbocycles. The summed E-state index contributed by atoms with van der Waals surface area (Å²) in [6, 6.07) is 4.03. The fourth-order valence-electron chi connectivity index (χ4n) is 3.31. The zero-order chi connectivity index (χ0) is 17.4.